The maximum Gasteiger partial charge on any atom is 0.00700 e. The molecule has 4 unspecified atom stereocenters. The first-order chi connectivity index (χ1) is 11.4. The highest BCUT2D eigenvalue weighted by atomic mass is 32.2. The molecule has 4 bridgehead atoms. The number of fused-ring (bicyclic) bond motifs is 6. The van der Waals surface area contributed by atoms with Crippen LogP contribution in [0, 0.1) is 0 Å². The highest BCUT2D eigenvalue weighted by molar-refractivity contribution is 8.00. The van der Waals surface area contributed by atoms with Crippen LogP contribution in [-0.2, 0) is 0 Å². The average Bonchev–Trinajstić information content (AvgIpc) is 2.62. The van der Waals surface area contributed by atoms with Crippen molar-refractivity contribution in [2.75, 3.05) is 0 Å². The first kappa shape index (κ1) is 18.1. The Kier molecular flexibility index (Phi) is 8.14. The van der Waals surface area contributed by atoms with Crippen molar-refractivity contribution in [3.8, 4) is 0 Å². The molecule has 1 N–H and O–H groups in total. The van der Waals surface area contributed by atoms with Crippen molar-refractivity contribution in [3.05, 3.63) is 0 Å². The van der Waals surface area contributed by atoms with E-state index >= 15 is 0 Å². The molecular weight excluding hydrogens is 298 g/mol. The number of nitrogens with one attached hydrogen (secondary N) is 1. The van der Waals surface area contributed by atoms with Gasteiger partial charge in [-0.2, -0.15) is 11.8 Å². The molecular formula is C21H39NS. The fourth-order valence-electron chi connectivity index (χ4n) is 4.97. The highest BCUT2D eigenvalue weighted by Crippen LogP contribution is 2.35. The molecule has 0 radical (unpaired) electrons. The van der Waals surface area contributed by atoms with Gasteiger partial charge in [-0.15, -0.1) is 0 Å². The smallest absolute Gasteiger partial charge is 0.00700 e. The largest absolute Gasteiger partial charge is 0.311 e. The molecule has 0 amide bonds. The van der Waals surface area contributed by atoms with Gasteiger partial charge in [0.25, 0.3) is 0 Å². The lowest BCUT2D eigenvalue weighted by atomic mass is 9.94. The van der Waals surface area contributed by atoms with Crippen LogP contribution in [0.4, 0.5) is 0 Å². The standard InChI is InChI=1S/C21H39NS/c1-2-6-10-18-14-16-20(12-8-3-1)23-21-13-9-5-4-7-11-19(22-18)15-17-21/h18-22H,1-17H2. The Hall–Kier alpha value is 0.310. The monoisotopic (exact) mass is 337 g/mol. The molecule has 2 heteroatoms. The molecule has 2 saturated carbocycles. The highest BCUT2D eigenvalue weighted by Gasteiger charge is 2.25. The van der Waals surface area contributed by atoms with E-state index in [0.717, 1.165) is 22.6 Å². The van der Waals surface area contributed by atoms with E-state index in [1.807, 2.05) is 0 Å². The Balaban J connectivity index is 1.69. The van der Waals surface area contributed by atoms with E-state index in [4.69, 9.17) is 0 Å². The van der Waals surface area contributed by atoms with E-state index in [2.05, 4.69) is 17.1 Å². The third kappa shape index (κ3) is 6.61. The topological polar surface area (TPSA) is 12.0 Å². The summed E-state index contributed by atoms with van der Waals surface area (Å²) in [6, 6.07) is 1.64. The summed E-state index contributed by atoms with van der Waals surface area (Å²) in [5.41, 5.74) is 0. The van der Waals surface area contributed by atoms with Crippen LogP contribution in [0.5, 0.6) is 0 Å². The van der Waals surface area contributed by atoms with Crippen molar-refractivity contribution in [1.29, 1.82) is 0 Å². The molecule has 0 spiro atoms. The van der Waals surface area contributed by atoms with Crippen molar-refractivity contribution in [2.24, 2.45) is 0 Å². The number of hydrogen-bond acceptors (Lipinski definition) is 2. The molecule has 1 heterocycles. The Morgan fingerprint density at radius 1 is 0.435 bits per heavy atom. The lowest BCUT2D eigenvalue weighted by Crippen LogP contribution is -2.40. The summed E-state index contributed by atoms with van der Waals surface area (Å²) in [6.45, 7) is 0. The summed E-state index contributed by atoms with van der Waals surface area (Å²) >= 11 is 2.42. The molecule has 3 rings (SSSR count). The van der Waals surface area contributed by atoms with Crippen LogP contribution in [0.15, 0.2) is 0 Å². The first-order valence-corrected chi connectivity index (χ1v) is 11.8. The van der Waals surface area contributed by atoms with Crippen molar-refractivity contribution < 1.29 is 0 Å². The van der Waals surface area contributed by atoms with Crippen LogP contribution in [-0.4, -0.2) is 22.6 Å². The van der Waals surface area contributed by atoms with Crippen LogP contribution in [0.1, 0.15) is 109 Å². The van der Waals surface area contributed by atoms with Crippen molar-refractivity contribution in [2.45, 2.75) is 132 Å². The van der Waals surface area contributed by atoms with Crippen LogP contribution in [0.2, 0.25) is 0 Å². The quantitative estimate of drug-likeness (QED) is 0.544. The SMILES string of the molecule is C1CCCC2CCC(CCC1)SC1CCCCCCC(CC1)N2. The molecule has 4 atom stereocenters. The van der Waals surface area contributed by atoms with Gasteiger partial charge in [0.2, 0.25) is 0 Å². The van der Waals surface area contributed by atoms with E-state index in [1.54, 1.807) is 0 Å². The Labute approximate surface area is 149 Å². The van der Waals surface area contributed by atoms with Gasteiger partial charge in [0, 0.05) is 22.6 Å². The third-order valence-electron chi connectivity index (χ3n) is 6.44. The fraction of sp³-hybridized carbons (Fsp3) is 1.00. The van der Waals surface area contributed by atoms with Crippen LogP contribution < -0.4 is 5.32 Å². The normalized spacial score (nSPS) is 38.6. The maximum atomic E-state index is 4.14. The summed E-state index contributed by atoms with van der Waals surface area (Å²) in [4.78, 5) is 0. The van der Waals surface area contributed by atoms with E-state index in [9.17, 15) is 0 Å². The maximum absolute atomic E-state index is 4.14. The van der Waals surface area contributed by atoms with Gasteiger partial charge in [-0.25, -0.2) is 0 Å². The second-order valence-electron chi connectivity index (χ2n) is 8.43. The zero-order chi connectivity index (χ0) is 15.7. The molecule has 0 aromatic carbocycles. The molecule has 134 valence electrons. The molecule has 0 aromatic heterocycles. The second kappa shape index (κ2) is 10.3. The van der Waals surface area contributed by atoms with Crippen LogP contribution >= 0.6 is 11.8 Å². The molecule has 3 aliphatic rings. The van der Waals surface area contributed by atoms with Gasteiger partial charge in [0.05, 0.1) is 0 Å². The second-order valence-corrected chi connectivity index (χ2v) is 10.0. The Morgan fingerprint density at radius 2 is 0.870 bits per heavy atom. The summed E-state index contributed by atoms with van der Waals surface area (Å²) in [6.07, 6.45) is 25.0. The van der Waals surface area contributed by atoms with Crippen LogP contribution in [0.3, 0.4) is 0 Å². The predicted molar refractivity (Wildman–Crippen MR) is 104 cm³/mol. The summed E-state index contributed by atoms with van der Waals surface area (Å²) in [5.74, 6) is 0. The number of thioether (sulfide) groups is 1. The van der Waals surface area contributed by atoms with Gasteiger partial charge in [0.1, 0.15) is 0 Å². The summed E-state index contributed by atoms with van der Waals surface area (Å²) < 4.78 is 0. The van der Waals surface area contributed by atoms with Crippen molar-refractivity contribution >= 4 is 11.8 Å². The van der Waals surface area contributed by atoms with Gasteiger partial charge in [-0.05, 0) is 51.4 Å². The minimum atomic E-state index is 0.820. The van der Waals surface area contributed by atoms with Gasteiger partial charge < -0.3 is 5.32 Å². The van der Waals surface area contributed by atoms with Gasteiger partial charge in [0.15, 0.2) is 0 Å². The molecule has 23 heavy (non-hydrogen) atoms. The molecule has 0 aromatic rings. The van der Waals surface area contributed by atoms with Crippen molar-refractivity contribution in [1.82, 2.24) is 5.32 Å². The lowest BCUT2D eigenvalue weighted by molar-refractivity contribution is 0.326. The molecule has 2 aliphatic carbocycles. The minimum Gasteiger partial charge on any atom is -0.311 e. The average molecular weight is 338 g/mol. The van der Waals surface area contributed by atoms with Gasteiger partial charge in [-0.3, -0.25) is 0 Å². The molecule has 1 saturated heterocycles. The fourth-order valence-corrected chi connectivity index (χ4v) is 6.67. The van der Waals surface area contributed by atoms with Gasteiger partial charge >= 0.3 is 0 Å². The van der Waals surface area contributed by atoms with E-state index in [1.165, 1.54) is 109 Å². The lowest BCUT2D eigenvalue weighted by Gasteiger charge is -2.33. The zero-order valence-electron chi connectivity index (χ0n) is 15.2. The summed E-state index contributed by atoms with van der Waals surface area (Å²) in [7, 11) is 0. The van der Waals surface area contributed by atoms with Crippen LogP contribution in [0.25, 0.3) is 0 Å². The van der Waals surface area contributed by atoms with E-state index < -0.39 is 0 Å². The zero-order valence-corrected chi connectivity index (χ0v) is 16.1. The predicted octanol–water partition coefficient (Wildman–Crippen LogP) is 6.46. The molecule has 1 aliphatic heterocycles. The van der Waals surface area contributed by atoms with Gasteiger partial charge in [-0.1, -0.05) is 57.8 Å². The number of rotatable bonds is 0. The first-order valence-electron chi connectivity index (χ1n) is 10.8. The minimum absolute atomic E-state index is 0.820. The number of hydrogen-bond donors (Lipinski definition) is 1. The molecule has 1 nitrogen and oxygen atoms in total. The van der Waals surface area contributed by atoms with Crippen molar-refractivity contribution in [3.63, 3.8) is 0 Å². The van der Waals surface area contributed by atoms with E-state index in [-0.39, 0.29) is 0 Å². The summed E-state index contributed by atoms with van der Waals surface area (Å²) in [5, 5.41) is 6.06. The molecule has 3 fully saturated rings. The Bertz CT molecular complexity index is 289. The Morgan fingerprint density at radius 3 is 1.39 bits per heavy atom. The van der Waals surface area contributed by atoms with E-state index in [0.29, 0.717) is 0 Å². The third-order valence-corrected chi connectivity index (χ3v) is 8.15.